The zero-order valence-corrected chi connectivity index (χ0v) is 18.8. The number of ether oxygens (including phenoxy) is 4. The second-order valence-corrected chi connectivity index (χ2v) is 8.78. The van der Waals surface area contributed by atoms with Crippen LogP contribution in [0.4, 0.5) is 4.79 Å². The number of carbonyl (C=O) groups is 2. The van der Waals surface area contributed by atoms with E-state index in [1.54, 1.807) is 46.1 Å². The highest BCUT2D eigenvalue weighted by molar-refractivity contribution is 6.64. The first-order valence-electron chi connectivity index (χ1n) is 9.56. The maximum Gasteiger partial charge on any atom is 0.412 e. The van der Waals surface area contributed by atoms with E-state index in [0.29, 0.717) is 23.5 Å². The van der Waals surface area contributed by atoms with Gasteiger partial charge in [0.25, 0.3) is 5.24 Å². The Morgan fingerprint density at radius 1 is 1.21 bits per heavy atom. The lowest BCUT2D eigenvalue weighted by Crippen LogP contribution is -2.45. The summed E-state index contributed by atoms with van der Waals surface area (Å²) in [6, 6.07) is 4.61. The topological polar surface area (TPSA) is 74.3 Å². The minimum atomic E-state index is -0.969. The highest BCUT2D eigenvalue weighted by Crippen LogP contribution is 2.43. The molecule has 3 atom stereocenters. The Morgan fingerprint density at radius 3 is 2.34 bits per heavy atom. The van der Waals surface area contributed by atoms with E-state index < -0.39 is 35.3 Å². The van der Waals surface area contributed by atoms with Crippen molar-refractivity contribution in [2.45, 2.75) is 65.0 Å². The van der Waals surface area contributed by atoms with Crippen molar-refractivity contribution in [3.05, 3.63) is 23.8 Å². The molecule has 2 unspecified atom stereocenters. The summed E-state index contributed by atoms with van der Waals surface area (Å²) in [4.78, 5) is 26.7. The number of methoxy groups -OCH3 is 2. The van der Waals surface area contributed by atoms with Gasteiger partial charge in [-0.1, -0.05) is 13.8 Å². The first-order valence-corrected chi connectivity index (χ1v) is 9.94. The molecular weight excluding hydrogens is 398 g/mol. The third kappa shape index (κ3) is 5.54. The smallest absolute Gasteiger partial charge is 0.412 e. The number of benzene rings is 1. The van der Waals surface area contributed by atoms with Gasteiger partial charge in [0.2, 0.25) is 0 Å². The first kappa shape index (κ1) is 23.3. The first-order chi connectivity index (χ1) is 13.5. The van der Waals surface area contributed by atoms with Crippen molar-refractivity contribution in [3.63, 3.8) is 0 Å². The number of halogens is 1. The van der Waals surface area contributed by atoms with Gasteiger partial charge >= 0.3 is 6.09 Å². The average Bonchev–Trinajstić information content (AvgIpc) is 2.98. The number of hydrogen-bond donors (Lipinski definition) is 0. The van der Waals surface area contributed by atoms with Crippen LogP contribution in [0.1, 0.15) is 52.8 Å². The Kier molecular flexibility index (Phi) is 7.40. The molecule has 7 nitrogen and oxygen atoms in total. The summed E-state index contributed by atoms with van der Waals surface area (Å²) >= 11 is 5.85. The third-order valence-corrected chi connectivity index (χ3v) is 4.70. The van der Waals surface area contributed by atoms with Gasteiger partial charge in [0.05, 0.1) is 20.3 Å². The molecule has 1 aliphatic heterocycles. The van der Waals surface area contributed by atoms with Crippen LogP contribution in [0.3, 0.4) is 0 Å². The predicted molar refractivity (Wildman–Crippen MR) is 109 cm³/mol. The Hall–Kier alpha value is -1.99. The van der Waals surface area contributed by atoms with Crippen LogP contribution in [-0.4, -0.2) is 48.2 Å². The summed E-state index contributed by atoms with van der Waals surface area (Å²) in [7, 11) is 3.06. The minimum absolute atomic E-state index is 0.198. The molecule has 1 amide bonds. The molecule has 0 radical (unpaired) electrons. The SMILES string of the molecule is COc1ccc(C2O[C@@H](C(=O)Cl)C(CC(C)C)N2C(=O)OC(C)(C)C)c(OC)c1. The summed E-state index contributed by atoms with van der Waals surface area (Å²) in [6.45, 7) is 9.36. The minimum Gasteiger partial charge on any atom is -0.497 e. The van der Waals surface area contributed by atoms with Crippen molar-refractivity contribution in [2.75, 3.05) is 14.2 Å². The van der Waals surface area contributed by atoms with Gasteiger partial charge in [0.1, 0.15) is 17.1 Å². The van der Waals surface area contributed by atoms with Gasteiger partial charge < -0.3 is 18.9 Å². The molecule has 0 aliphatic carbocycles. The molecule has 29 heavy (non-hydrogen) atoms. The van der Waals surface area contributed by atoms with Crippen LogP contribution >= 0.6 is 11.6 Å². The number of carbonyl (C=O) groups excluding carboxylic acids is 2. The van der Waals surface area contributed by atoms with Gasteiger partial charge in [-0.05, 0) is 56.8 Å². The lowest BCUT2D eigenvalue weighted by Gasteiger charge is -2.32. The van der Waals surface area contributed by atoms with E-state index in [9.17, 15) is 9.59 Å². The fraction of sp³-hybridized carbons (Fsp3) is 0.619. The molecule has 0 bridgehead atoms. The average molecular weight is 428 g/mol. The van der Waals surface area contributed by atoms with Crippen LogP contribution in [-0.2, 0) is 14.3 Å². The quantitative estimate of drug-likeness (QED) is 0.621. The molecule has 1 fully saturated rings. The summed E-state index contributed by atoms with van der Waals surface area (Å²) in [5.41, 5.74) is -0.134. The molecular formula is C21H30ClNO6. The van der Waals surface area contributed by atoms with Crippen LogP contribution in [0.15, 0.2) is 18.2 Å². The van der Waals surface area contributed by atoms with Gasteiger partial charge in [-0.25, -0.2) is 4.79 Å². The highest BCUT2D eigenvalue weighted by Gasteiger charge is 2.50. The van der Waals surface area contributed by atoms with Crippen molar-refractivity contribution in [3.8, 4) is 11.5 Å². The Balaban J connectivity index is 2.55. The van der Waals surface area contributed by atoms with Gasteiger partial charge in [0.15, 0.2) is 12.3 Å². The van der Waals surface area contributed by atoms with Crippen molar-refractivity contribution in [1.29, 1.82) is 0 Å². The summed E-state index contributed by atoms with van der Waals surface area (Å²) < 4.78 is 22.4. The van der Waals surface area contributed by atoms with E-state index in [-0.39, 0.29) is 5.92 Å². The monoisotopic (exact) mass is 427 g/mol. The lowest BCUT2D eigenvalue weighted by molar-refractivity contribution is -0.122. The molecule has 1 aliphatic rings. The Labute approximate surface area is 177 Å². The van der Waals surface area contributed by atoms with E-state index >= 15 is 0 Å². The van der Waals surface area contributed by atoms with E-state index in [1.165, 1.54) is 12.0 Å². The fourth-order valence-electron chi connectivity index (χ4n) is 3.33. The highest BCUT2D eigenvalue weighted by atomic mass is 35.5. The van der Waals surface area contributed by atoms with Crippen molar-refractivity contribution in [1.82, 2.24) is 4.90 Å². The molecule has 1 aromatic rings. The van der Waals surface area contributed by atoms with Crippen LogP contribution in [0.25, 0.3) is 0 Å². The Bertz CT molecular complexity index is 745. The molecule has 0 N–H and O–H groups in total. The second-order valence-electron chi connectivity index (χ2n) is 8.41. The molecule has 0 saturated carbocycles. The lowest BCUT2D eigenvalue weighted by atomic mass is 9.99. The predicted octanol–water partition coefficient (Wildman–Crippen LogP) is 4.52. The van der Waals surface area contributed by atoms with E-state index in [2.05, 4.69) is 0 Å². The second kappa shape index (κ2) is 9.22. The molecule has 1 heterocycles. The molecule has 8 heteroatoms. The summed E-state index contributed by atoms with van der Waals surface area (Å²) in [6.07, 6.45) is -1.91. The summed E-state index contributed by atoms with van der Waals surface area (Å²) in [5, 5.41) is -0.654. The molecule has 162 valence electrons. The van der Waals surface area contributed by atoms with E-state index in [0.717, 1.165) is 0 Å². The summed E-state index contributed by atoms with van der Waals surface area (Å²) in [5.74, 6) is 1.26. The zero-order valence-electron chi connectivity index (χ0n) is 18.0. The van der Waals surface area contributed by atoms with Crippen molar-refractivity contribution >= 4 is 22.9 Å². The van der Waals surface area contributed by atoms with E-state index in [4.69, 9.17) is 30.5 Å². The van der Waals surface area contributed by atoms with Crippen molar-refractivity contribution in [2.24, 2.45) is 5.92 Å². The Morgan fingerprint density at radius 2 is 1.86 bits per heavy atom. The van der Waals surface area contributed by atoms with Crippen molar-refractivity contribution < 1.29 is 28.5 Å². The zero-order chi connectivity index (χ0) is 21.9. The number of rotatable bonds is 6. The van der Waals surface area contributed by atoms with Gasteiger partial charge in [0, 0.05) is 11.6 Å². The number of amides is 1. The van der Waals surface area contributed by atoms with E-state index in [1.807, 2.05) is 13.8 Å². The molecule has 0 aromatic heterocycles. The maximum atomic E-state index is 13.1. The number of hydrogen-bond acceptors (Lipinski definition) is 6. The van der Waals surface area contributed by atoms with Gasteiger partial charge in [-0.15, -0.1) is 0 Å². The largest absolute Gasteiger partial charge is 0.497 e. The third-order valence-electron chi connectivity index (χ3n) is 4.48. The van der Waals surface area contributed by atoms with Crippen LogP contribution in [0.5, 0.6) is 11.5 Å². The molecule has 0 spiro atoms. The van der Waals surface area contributed by atoms with Gasteiger partial charge in [-0.2, -0.15) is 0 Å². The van der Waals surface area contributed by atoms with Gasteiger partial charge in [-0.3, -0.25) is 9.69 Å². The van der Waals surface area contributed by atoms with Crippen LogP contribution < -0.4 is 9.47 Å². The molecule has 1 saturated heterocycles. The molecule has 2 rings (SSSR count). The molecule has 1 aromatic carbocycles. The maximum absolute atomic E-state index is 13.1. The normalized spacial score (nSPS) is 22.0. The fourth-order valence-corrected chi connectivity index (χ4v) is 3.53. The van der Waals surface area contributed by atoms with Crippen LogP contribution in [0, 0.1) is 5.92 Å². The standard InChI is InChI=1S/C21H30ClNO6/c1-12(2)10-15-17(18(22)24)28-19(23(15)20(25)29-21(3,4)5)14-9-8-13(26-6)11-16(14)27-7/h8-9,11-12,15,17,19H,10H2,1-7H3/t15?,17-,19?/m1/s1. The van der Waals surface area contributed by atoms with Crippen LogP contribution in [0.2, 0.25) is 0 Å². The number of nitrogens with zero attached hydrogens (tertiary/aromatic N) is 1.